The van der Waals surface area contributed by atoms with Crippen LogP contribution < -0.4 is 11.5 Å². The predicted octanol–water partition coefficient (Wildman–Crippen LogP) is 1.68. The Bertz CT molecular complexity index is 953. The summed E-state index contributed by atoms with van der Waals surface area (Å²) >= 11 is 0. The third kappa shape index (κ3) is 2.66. The van der Waals surface area contributed by atoms with Crippen LogP contribution in [-0.2, 0) is 0 Å². The second-order valence-corrected chi connectivity index (χ2v) is 5.43. The summed E-state index contributed by atoms with van der Waals surface area (Å²) in [5.74, 6) is -0.457. The van der Waals surface area contributed by atoms with E-state index < -0.39 is 5.92 Å². The summed E-state index contributed by atoms with van der Waals surface area (Å²) in [5.41, 5.74) is 14.3. The summed E-state index contributed by atoms with van der Waals surface area (Å²) in [5, 5.41) is 25.9. The SMILES string of the molecule is N#CC1=C(c2ccncc2)N=C(N)/C(=C\N)C1C1=CC=CC(=N)C1=N. The Hall–Kier alpha value is -3.79. The van der Waals surface area contributed by atoms with Crippen LogP contribution in [0, 0.1) is 28.1 Å². The molecule has 1 aromatic rings. The first-order valence-corrected chi connectivity index (χ1v) is 7.45. The molecule has 1 aliphatic carbocycles. The van der Waals surface area contributed by atoms with Crippen molar-refractivity contribution in [3.63, 3.8) is 0 Å². The highest BCUT2D eigenvalue weighted by Crippen LogP contribution is 2.38. The lowest BCUT2D eigenvalue weighted by Gasteiger charge is -2.28. The molecule has 0 aromatic carbocycles. The molecule has 122 valence electrons. The van der Waals surface area contributed by atoms with Crippen molar-refractivity contribution in [2.75, 3.05) is 0 Å². The van der Waals surface area contributed by atoms with Gasteiger partial charge in [0.1, 0.15) is 5.84 Å². The minimum Gasteiger partial charge on any atom is -0.404 e. The van der Waals surface area contributed by atoms with Crippen molar-refractivity contribution >= 4 is 23.0 Å². The Morgan fingerprint density at radius 2 is 1.96 bits per heavy atom. The first-order valence-electron chi connectivity index (χ1n) is 7.45. The van der Waals surface area contributed by atoms with E-state index >= 15 is 0 Å². The van der Waals surface area contributed by atoms with Gasteiger partial charge in [-0.3, -0.25) is 15.8 Å². The van der Waals surface area contributed by atoms with Crippen molar-refractivity contribution in [3.8, 4) is 6.07 Å². The second-order valence-electron chi connectivity index (χ2n) is 5.43. The first-order chi connectivity index (χ1) is 12.1. The van der Waals surface area contributed by atoms with Crippen LogP contribution in [0.2, 0.25) is 0 Å². The van der Waals surface area contributed by atoms with Crippen LogP contribution in [0.25, 0.3) is 5.70 Å². The molecule has 0 radical (unpaired) electrons. The van der Waals surface area contributed by atoms with E-state index in [1.807, 2.05) is 0 Å². The fourth-order valence-electron chi connectivity index (χ4n) is 2.85. The number of nitrogens with zero attached hydrogens (tertiary/aromatic N) is 3. The Kier molecular flexibility index (Phi) is 4.10. The average Bonchev–Trinajstić information content (AvgIpc) is 2.64. The van der Waals surface area contributed by atoms with Gasteiger partial charge >= 0.3 is 0 Å². The number of hydrogen-bond acceptors (Lipinski definition) is 7. The summed E-state index contributed by atoms with van der Waals surface area (Å²) in [7, 11) is 0. The van der Waals surface area contributed by atoms with Crippen LogP contribution in [0.4, 0.5) is 0 Å². The van der Waals surface area contributed by atoms with Crippen LogP contribution in [0.15, 0.2) is 70.7 Å². The highest BCUT2D eigenvalue weighted by Gasteiger charge is 2.35. The van der Waals surface area contributed by atoms with Gasteiger partial charge in [-0.05, 0) is 23.8 Å². The largest absolute Gasteiger partial charge is 0.404 e. The zero-order valence-electron chi connectivity index (χ0n) is 13.2. The van der Waals surface area contributed by atoms with Gasteiger partial charge in [-0.1, -0.05) is 12.2 Å². The van der Waals surface area contributed by atoms with E-state index in [1.165, 1.54) is 12.3 Å². The molecule has 3 rings (SSSR count). The zero-order valence-corrected chi connectivity index (χ0v) is 13.2. The van der Waals surface area contributed by atoms with E-state index in [2.05, 4.69) is 16.0 Å². The number of rotatable bonds is 2. The maximum absolute atomic E-state index is 9.80. The summed E-state index contributed by atoms with van der Waals surface area (Å²) in [6, 6.07) is 5.66. The third-order valence-corrected chi connectivity index (χ3v) is 4.04. The van der Waals surface area contributed by atoms with E-state index in [-0.39, 0.29) is 17.3 Å². The molecule has 7 heteroatoms. The molecule has 1 aliphatic heterocycles. The van der Waals surface area contributed by atoms with Crippen molar-refractivity contribution in [2.45, 2.75) is 0 Å². The van der Waals surface area contributed by atoms with Gasteiger partial charge in [-0.2, -0.15) is 5.26 Å². The lowest BCUT2D eigenvalue weighted by Crippen LogP contribution is -2.32. The van der Waals surface area contributed by atoms with Gasteiger partial charge in [-0.25, -0.2) is 4.99 Å². The topological polar surface area (TPSA) is 149 Å². The van der Waals surface area contributed by atoms with Gasteiger partial charge in [0, 0.05) is 29.7 Å². The van der Waals surface area contributed by atoms with Crippen molar-refractivity contribution in [3.05, 3.63) is 71.2 Å². The van der Waals surface area contributed by atoms with Crippen LogP contribution in [0.5, 0.6) is 0 Å². The molecule has 0 fully saturated rings. The van der Waals surface area contributed by atoms with Gasteiger partial charge < -0.3 is 11.5 Å². The molecule has 6 N–H and O–H groups in total. The quantitative estimate of drug-likeness (QED) is 0.610. The Balaban J connectivity index is 2.26. The number of hydrogen-bond donors (Lipinski definition) is 4. The molecule has 0 saturated heterocycles. The van der Waals surface area contributed by atoms with Gasteiger partial charge in [0.05, 0.1) is 34.7 Å². The minimum atomic E-state index is -0.645. The molecule has 0 bridgehead atoms. The molecule has 1 aromatic heterocycles. The Morgan fingerprint density at radius 3 is 2.60 bits per heavy atom. The molecule has 25 heavy (non-hydrogen) atoms. The Labute approximate surface area is 144 Å². The maximum atomic E-state index is 9.80. The molecule has 0 spiro atoms. The van der Waals surface area contributed by atoms with Gasteiger partial charge in [0.25, 0.3) is 0 Å². The van der Waals surface area contributed by atoms with E-state index in [9.17, 15) is 5.26 Å². The summed E-state index contributed by atoms with van der Waals surface area (Å²) in [4.78, 5) is 8.32. The first kappa shape index (κ1) is 16.1. The van der Waals surface area contributed by atoms with E-state index in [0.717, 1.165) is 0 Å². The van der Waals surface area contributed by atoms with E-state index in [0.29, 0.717) is 28.0 Å². The predicted molar refractivity (Wildman–Crippen MR) is 96.8 cm³/mol. The zero-order chi connectivity index (χ0) is 18.0. The molecule has 0 amide bonds. The molecular weight excluding hydrogens is 314 g/mol. The monoisotopic (exact) mass is 329 g/mol. The molecule has 7 nitrogen and oxygen atoms in total. The van der Waals surface area contributed by atoms with Crippen molar-refractivity contribution in [2.24, 2.45) is 22.4 Å². The molecular formula is C18H15N7. The number of allylic oxidation sites excluding steroid dienone is 5. The fourth-order valence-corrected chi connectivity index (χ4v) is 2.85. The van der Waals surface area contributed by atoms with Gasteiger partial charge in [0.2, 0.25) is 0 Å². The molecule has 2 heterocycles. The second kappa shape index (κ2) is 6.37. The highest BCUT2D eigenvalue weighted by atomic mass is 14.9. The lowest BCUT2D eigenvalue weighted by atomic mass is 9.77. The summed E-state index contributed by atoms with van der Waals surface area (Å²) < 4.78 is 0. The fraction of sp³-hybridized carbons (Fsp3) is 0.0556. The van der Waals surface area contributed by atoms with E-state index in [1.54, 1.807) is 36.7 Å². The Morgan fingerprint density at radius 1 is 1.24 bits per heavy atom. The number of nitriles is 1. The van der Waals surface area contributed by atoms with Crippen molar-refractivity contribution in [1.82, 2.24) is 4.98 Å². The third-order valence-electron chi connectivity index (χ3n) is 4.04. The lowest BCUT2D eigenvalue weighted by molar-refractivity contribution is 0.913. The summed E-state index contributed by atoms with van der Waals surface area (Å²) in [6.07, 6.45) is 9.42. The molecule has 1 unspecified atom stereocenters. The number of pyridine rings is 1. The standard InChI is InChI=1S/C18H15N7/c19-8-12-15(11-2-1-3-14(21)16(11)22)13(9-20)18(23)25-17(12)10-4-6-24-7-5-10/h1-7,9,15,21-22H,20H2,(H2,23,25)/b13-9-,21-14?,22-16?. The highest BCUT2D eigenvalue weighted by molar-refractivity contribution is 6.51. The maximum Gasteiger partial charge on any atom is 0.129 e. The average molecular weight is 329 g/mol. The number of aromatic nitrogens is 1. The molecule has 1 atom stereocenters. The molecule has 0 saturated carbocycles. The van der Waals surface area contributed by atoms with Crippen LogP contribution in [0.1, 0.15) is 5.56 Å². The van der Waals surface area contributed by atoms with Crippen molar-refractivity contribution in [1.29, 1.82) is 16.1 Å². The van der Waals surface area contributed by atoms with Crippen LogP contribution >= 0.6 is 0 Å². The number of nitrogens with two attached hydrogens (primary N) is 2. The normalized spacial score (nSPS) is 21.9. The van der Waals surface area contributed by atoms with Crippen LogP contribution in [0.3, 0.4) is 0 Å². The van der Waals surface area contributed by atoms with Gasteiger partial charge in [0.15, 0.2) is 0 Å². The van der Waals surface area contributed by atoms with Crippen LogP contribution in [-0.4, -0.2) is 22.2 Å². The summed E-state index contributed by atoms with van der Waals surface area (Å²) in [6.45, 7) is 0. The number of amidine groups is 1. The molecule has 2 aliphatic rings. The van der Waals surface area contributed by atoms with E-state index in [4.69, 9.17) is 22.3 Å². The minimum absolute atomic E-state index is 0.0309. The number of nitrogens with one attached hydrogen (secondary N) is 2. The van der Waals surface area contributed by atoms with Crippen molar-refractivity contribution < 1.29 is 0 Å². The smallest absolute Gasteiger partial charge is 0.129 e. The number of aliphatic imine (C=N–C) groups is 1. The van der Waals surface area contributed by atoms with Gasteiger partial charge in [-0.15, -0.1) is 0 Å².